The molecular weight excluding hydrogens is 250 g/mol. The van der Waals surface area contributed by atoms with E-state index in [0.29, 0.717) is 0 Å². The van der Waals surface area contributed by atoms with Crippen LogP contribution in [-0.4, -0.2) is 9.97 Å². The molecule has 2 aromatic heterocycles. The van der Waals surface area contributed by atoms with Gasteiger partial charge >= 0.3 is 0 Å². The normalized spacial score (nSPS) is 16.8. The van der Waals surface area contributed by atoms with Crippen molar-refractivity contribution in [2.45, 2.75) is 24.7 Å². The molecule has 1 N–H and O–H groups in total. The second-order valence-electron chi connectivity index (χ2n) is 5.34. The van der Waals surface area contributed by atoms with E-state index in [4.69, 9.17) is 4.42 Å². The lowest BCUT2D eigenvalue weighted by Gasteiger charge is -2.32. The number of rotatable bonds is 2. The number of nitriles is 1. The minimum Gasteiger partial charge on any atom is -0.464 e. The zero-order chi connectivity index (χ0) is 13.6. The van der Waals surface area contributed by atoms with E-state index in [1.165, 1.54) is 0 Å². The number of hydrogen-bond donors (Lipinski definition) is 1. The molecule has 4 heteroatoms. The van der Waals surface area contributed by atoms with Gasteiger partial charge in [0.05, 0.1) is 18.0 Å². The Morgan fingerprint density at radius 1 is 1.30 bits per heavy atom. The molecule has 4 nitrogen and oxygen atoms in total. The second kappa shape index (κ2) is 3.97. The summed E-state index contributed by atoms with van der Waals surface area (Å²) in [5, 5.41) is 10.4. The minimum absolute atomic E-state index is 0.405. The van der Waals surface area contributed by atoms with E-state index in [0.717, 1.165) is 47.3 Å². The molecule has 2 heterocycles. The first-order chi connectivity index (χ1) is 9.82. The highest BCUT2D eigenvalue weighted by atomic mass is 16.3. The summed E-state index contributed by atoms with van der Waals surface area (Å²) in [6.07, 6.45) is 6.41. The molecule has 20 heavy (non-hydrogen) atoms. The molecule has 0 spiro atoms. The summed E-state index contributed by atoms with van der Waals surface area (Å²) in [6, 6.07) is 10.3. The van der Waals surface area contributed by atoms with Gasteiger partial charge in [0.2, 0.25) is 0 Å². The molecule has 0 amide bonds. The number of nitrogens with one attached hydrogen (secondary N) is 1. The standard InChI is InChI=1S/C16H13N3O/c17-10-16(6-3-7-16)15-18-8-13(19-15)12-9-20-14-5-2-1-4-11(12)14/h1-2,4-5,8-9H,3,6-7H2,(H,18,19). The number of hydrogen-bond acceptors (Lipinski definition) is 3. The van der Waals surface area contributed by atoms with E-state index in [9.17, 15) is 5.26 Å². The molecule has 1 saturated carbocycles. The quantitative estimate of drug-likeness (QED) is 0.765. The Morgan fingerprint density at radius 2 is 2.15 bits per heavy atom. The van der Waals surface area contributed by atoms with Crippen molar-refractivity contribution in [3.05, 3.63) is 42.5 Å². The number of H-pyrrole nitrogens is 1. The van der Waals surface area contributed by atoms with Crippen molar-refractivity contribution in [3.63, 3.8) is 0 Å². The Labute approximate surface area is 116 Å². The number of nitrogens with zero attached hydrogens (tertiary/aromatic N) is 2. The number of aromatic amines is 1. The molecule has 1 aliphatic rings. The lowest BCUT2D eigenvalue weighted by Crippen LogP contribution is -2.33. The van der Waals surface area contributed by atoms with Crippen molar-refractivity contribution in [1.82, 2.24) is 9.97 Å². The van der Waals surface area contributed by atoms with Gasteiger partial charge in [0.15, 0.2) is 0 Å². The van der Waals surface area contributed by atoms with Gasteiger partial charge in [-0.3, -0.25) is 0 Å². The third-order valence-corrected chi connectivity index (χ3v) is 4.22. The van der Waals surface area contributed by atoms with Crippen LogP contribution in [0.25, 0.3) is 22.2 Å². The predicted molar refractivity (Wildman–Crippen MR) is 74.9 cm³/mol. The molecule has 0 radical (unpaired) electrons. The molecular formula is C16H13N3O. The van der Waals surface area contributed by atoms with E-state index < -0.39 is 5.41 Å². The van der Waals surface area contributed by atoms with Crippen LogP contribution in [0, 0.1) is 11.3 Å². The largest absolute Gasteiger partial charge is 0.464 e. The molecule has 0 bridgehead atoms. The zero-order valence-electron chi connectivity index (χ0n) is 10.9. The summed E-state index contributed by atoms with van der Waals surface area (Å²) in [5.74, 6) is 0.784. The van der Waals surface area contributed by atoms with Crippen molar-refractivity contribution < 1.29 is 4.42 Å². The molecule has 4 rings (SSSR count). The molecule has 1 aliphatic carbocycles. The highest BCUT2D eigenvalue weighted by Crippen LogP contribution is 2.42. The summed E-state index contributed by atoms with van der Waals surface area (Å²) in [4.78, 5) is 7.73. The number of aromatic nitrogens is 2. The Morgan fingerprint density at radius 3 is 2.90 bits per heavy atom. The Hall–Kier alpha value is -2.54. The Kier molecular flexibility index (Phi) is 2.25. The van der Waals surface area contributed by atoms with Gasteiger partial charge < -0.3 is 9.40 Å². The van der Waals surface area contributed by atoms with Crippen LogP contribution >= 0.6 is 0 Å². The summed E-state index contributed by atoms with van der Waals surface area (Å²) in [7, 11) is 0. The van der Waals surface area contributed by atoms with Crippen molar-refractivity contribution >= 4 is 11.0 Å². The molecule has 0 aliphatic heterocycles. The maximum absolute atomic E-state index is 9.37. The number of furan rings is 1. The highest BCUT2D eigenvalue weighted by Gasteiger charge is 2.41. The van der Waals surface area contributed by atoms with Crippen LogP contribution in [0.1, 0.15) is 25.1 Å². The van der Waals surface area contributed by atoms with Gasteiger partial charge in [-0.2, -0.15) is 5.26 Å². The first-order valence-electron chi connectivity index (χ1n) is 6.76. The molecule has 3 aromatic rings. The monoisotopic (exact) mass is 263 g/mol. The number of benzene rings is 1. The molecule has 0 unspecified atom stereocenters. The van der Waals surface area contributed by atoms with Crippen molar-refractivity contribution in [2.24, 2.45) is 0 Å². The summed E-state index contributed by atoms with van der Waals surface area (Å²) >= 11 is 0. The van der Waals surface area contributed by atoms with Crippen molar-refractivity contribution in [1.29, 1.82) is 5.26 Å². The van der Waals surface area contributed by atoms with Gasteiger partial charge in [-0.1, -0.05) is 18.2 Å². The SMILES string of the molecule is N#CC1(c2ncc(-c3coc4ccccc34)[nH]2)CCC1. The average molecular weight is 263 g/mol. The topological polar surface area (TPSA) is 65.6 Å². The Balaban J connectivity index is 1.81. The fraction of sp³-hybridized carbons (Fsp3) is 0.250. The summed E-state index contributed by atoms with van der Waals surface area (Å²) in [6.45, 7) is 0. The van der Waals surface area contributed by atoms with Crippen LogP contribution < -0.4 is 0 Å². The van der Waals surface area contributed by atoms with Crippen molar-refractivity contribution in [3.8, 4) is 17.3 Å². The fourth-order valence-corrected chi connectivity index (χ4v) is 2.82. The molecule has 0 atom stereocenters. The molecule has 1 aromatic carbocycles. The number of fused-ring (bicyclic) bond motifs is 1. The smallest absolute Gasteiger partial charge is 0.134 e. The number of para-hydroxylation sites is 1. The van der Waals surface area contributed by atoms with E-state index in [-0.39, 0.29) is 0 Å². The van der Waals surface area contributed by atoms with E-state index >= 15 is 0 Å². The predicted octanol–water partition coefficient (Wildman–Crippen LogP) is 3.77. The maximum atomic E-state index is 9.37. The van der Waals surface area contributed by atoms with Crippen molar-refractivity contribution in [2.75, 3.05) is 0 Å². The van der Waals surface area contributed by atoms with Crippen LogP contribution in [-0.2, 0) is 5.41 Å². The van der Waals surface area contributed by atoms with Crippen LogP contribution in [0.2, 0.25) is 0 Å². The first kappa shape index (κ1) is 11.3. The van der Waals surface area contributed by atoms with Gasteiger partial charge in [-0.15, -0.1) is 0 Å². The molecule has 0 saturated heterocycles. The van der Waals surface area contributed by atoms with Gasteiger partial charge in [0.1, 0.15) is 23.1 Å². The zero-order valence-corrected chi connectivity index (χ0v) is 10.9. The van der Waals surface area contributed by atoms with Crippen LogP contribution in [0.3, 0.4) is 0 Å². The average Bonchev–Trinajstić information content (AvgIpc) is 3.04. The van der Waals surface area contributed by atoms with Crippen LogP contribution in [0.5, 0.6) is 0 Å². The lowest BCUT2D eigenvalue weighted by atomic mass is 9.69. The van der Waals surface area contributed by atoms with Gasteiger partial charge in [-0.05, 0) is 25.3 Å². The minimum atomic E-state index is -0.405. The molecule has 98 valence electrons. The fourth-order valence-electron chi connectivity index (χ4n) is 2.82. The third kappa shape index (κ3) is 1.44. The van der Waals surface area contributed by atoms with Crippen LogP contribution in [0.15, 0.2) is 41.1 Å². The lowest BCUT2D eigenvalue weighted by molar-refractivity contribution is 0.309. The summed E-state index contributed by atoms with van der Waals surface area (Å²) in [5.41, 5.74) is 2.35. The second-order valence-corrected chi connectivity index (χ2v) is 5.34. The first-order valence-corrected chi connectivity index (χ1v) is 6.76. The van der Waals surface area contributed by atoms with E-state index in [2.05, 4.69) is 16.0 Å². The van der Waals surface area contributed by atoms with Crippen LogP contribution in [0.4, 0.5) is 0 Å². The van der Waals surface area contributed by atoms with Gasteiger partial charge in [0, 0.05) is 10.9 Å². The van der Waals surface area contributed by atoms with E-state index in [1.54, 1.807) is 12.5 Å². The molecule has 1 fully saturated rings. The summed E-state index contributed by atoms with van der Waals surface area (Å²) < 4.78 is 5.55. The third-order valence-electron chi connectivity index (χ3n) is 4.22. The van der Waals surface area contributed by atoms with E-state index in [1.807, 2.05) is 24.3 Å². The highest BCUT2D eigenvalue weighted by molar-refractivity contribution is 5.92. The van der Waals surface area contributed by atoms with Gasteiger partial charge in [0.25, 0.3) is 0 Å². The maximum Gasteiger partial charge on any atom is 0.134 e. The van der Waals surface area contributed by atoms with Gasteiger partial charge in [-0.25, -0.2) is 4.98 Å². The Bertz CT molecular complexity index is 817. The number of imidazole rings is 1.